The number of amides is 4. The Balaban J connectivity index is 1.45. The summed E-state index contributed by atoms with van der Waals surface area (Å²) in [6.45, 7) is 3.39. The molecule has 0 saturated carbocycles. The number of carbonyl (C=O) groups is 3. The smallest absolute Gasteiger partial charge is 0.319 e. The van der Waals surface area contributed by atoms with Gasteiger partial charge in [-0.15, -0.1) is 0 Å². The van der Waals surface area contributed by atoms with Crippen LogP contribution >= 0.6 is 0 Å². The number of carbonyl (C=O) groups excluding carboxylic acids is 3. The lowest BCUT2D eigenvalue weighted by Gasteiger charge is -2.26. The maximum Gasteiger partial charge on any atom is 0.325 e. The molecule has 4 amide bonds. The summed E-state index contributed by atoms with van der Waals surface area (Å²) in [6, 6.07) is 20.6. The molecule has 2 aliphatic rings. The number of nitrogens with zero attached hydrogens (tertiary/aromatic N) is 2. The molecule has 0 unspecified atom stereocenters. The molecule has 1 N–H and O–H groups in total. The van der Waals surface area contributed by atoms with Crippen molar-refractivity contribution in [2.45, 2.75) is 31.8 Å². The Kier molecular flexibility index (Phi) is 4.32. The van der Waals surface area contributed by atoms with Gasteiger partial charge in [0.25, 0.3) is 5.91 Å². The van der Waals surface area contributed by atoms with E-state index in [2.05, 4.69) is 5.32 Å². The van der Waals surface area contributed by atoms with E-state index < -0.39 is 17.5 Å². The average molecular weight is 413 g/mol. The van der Waals surface area contributed by atoms with Crippen LogP contribution < -0.4 is 10.2 Å². The molecule has 0 radical (unpaired) electrons. The molecule has 6 nitrogen and oxygen atoms in total. The van der Waals surface area contributed by atoms with Crippen molar-refractivity contribution in [3.8, 4) is 0 Å². The summed E-state index contributed by atoms with van der Waals surface area (Å²) < 4.78 is 0. The number of imide groups is 1. The fourth-order valence-electron chi connectivity index (χ4n) is 4.84. The largest absolute Gasteiger partial charge is 0.325 e. The Morgan fingerprint density at radius 1 is 1.03 bits per heavy atom. The van der Waals surface area contributed by atoms with Crippen LogP contribution in [0, 0.1) is 0 Å². The Hall–Kier alpha value is -3.67. The van der Waals surface area contributed by atoms with Crippen LogP contribution in [0.2, 0.25) is 0 Å². The Morgan fingerprint density at radius 2 is 1.74 bits per heavy atom. The second kappa shape index (κ2) is 6.94. The molecule has 31 heavy (non-hydrogen) atoms. The summed E-state index contributed by atoms with van der Waals surface area (Å²) >= 11 is 0. The topological polar surface area (TPSA) is 69.7 Å². The zero-order valence-corrected chi connectivity index (χ0v) is 17.5. The van der Waals surface area contributed by atoms with Gasteiger partial charge in [-0.25, -0.2) is 4.79 Å². The number of urea groups is 1. The van der Waals surface area contributed by atoms with Gasteiger partial charge in [-0.1, -0.05) is 60.7 Å². The van der Waals surface area contributed by atoms with Gasteiger partial charge in [-0.3, -0.25) is 14.5 Å². The molecule has 1 fully saturated rings. The first-order chi connectivity index (χ1) is 14.9. The lowest BCUT2D eigenvalue weighted by atomic mass is 9.88. The summed E-state index contributed by atoms with van der Waals surface area (Å²) in [7, 11) is 0. The number of hydrogen-bond donors (Lipinski definition) is 1. The first kappa shape index (κ1) is 19.3. The van der Waals surface area contributed by atoms with E-state index in [1.807, 2.05) is 73.7 Å². The highest BCUT2D eigenvalue weighted by Crippen LogP contribution is 2.35. The standard InChI is InChI=1S/C25H23N3O3/c1-16-14-18-9-4-6-13-21(18)28(16)22(29)15-27-23(30)25(2,26-24(27)31)20-12-7-10-17-8-3-5-11-19(17)20/h3-13,16H,14-15H2,1-2H3,(H,26,31)/t16-,25+/m0/s1. The quantitative estimate of drug-likeness (QED) is 0.667. The van der Waals surface area contributed by atoms with E-state index in [-0.39, 0.29) is 18.5 Å². The van der Waals surface area contributed by atoms with Crippen LogP contribution in [0.3, 0.4) is 0 Å². The lowest BCUT2D eigenvalue weighted by Crippen LogP contribution is -2.46. The van der Waals surface area contributed by atoms with Gasteiger partial charge >= 0.3 is 6.03 Å². The number of nitrogens with one attached hydrogen (secondary N) is 1. The van der Waals surface area contributed by atoms with Gasteiger partial charge in [0.1, 0.15) is 12.1 Å². The molecule has 2 aliphatic heterocycles. The molecule has 2 heterocycles. The van der Waals surface area contributed by atoms with Crippen LogP contribution in [-0.4, -0.2) is 35.3 Å². The highest BCUT2D eigenvalue weighted by Gasteiger charge is 2.50. The van der Waals surface area contributed by atoms with Gasteiger partial charge in [-0.05, 0) is 48.2 Å². The van der Waals surface area contributed by atoms with Gasteiger partial charge in [0.2, 0.25) is 5.91 Å². The summed E-state index contributed by atoms with van der Waals surface area (Å²) in [5, 5.41) is 4.72. The summed E-state index contributed by atoms with van der Waals surface area (Å²) in [5.41, 5.74) is 1.44. The van der Waals surface area contributed by atoms with Crippen LogP contribution in [0.4, 0.5) is 10.5 Å². The van der Waals surface area contributed by atoms with E-state index in [1.54, 1.807) is 11.8 Å². The number of hydrogen-bond acceptors (Lipinski definition) is 3. The monoisotopic (exact) mass is 413 g/mol. The van der Waals surface area contributed by atoms with E-state index >= 15 is 0 Å². The Labute approximate surface area is 180 Å². The zero-order chi connectivity index (χ0) is 21.8. The summed E-state index contributed by atoms with van der Waals surface area (Å²) in [5.74, 6) is -0.676. The Bertz CT molecular complexity index is 1230. The minimum Gasteiger partial charge on any atom is -0.319 e. The van der Waals surface area contributed by atoms with Crippen molar-refractivity contribution in [2.75, 3.05) is 11.4 Å². The molecule has 2 atom stereocenters. The lowest BCUT2D eigenvalue weighted by molar-refractivity contribution is -0.134. The number of anilines is 1. The average Bonchev–Trinajstić information content (AvgIpc) is 3.21. The summed E-state index contributed by atoms with van der Waals surface area (Å²) in [6.07, 6.45) is 0.760. The third-order valence-electron chi connectivity index (χ3n) is 6.37. The van der Waals surface area contributed by atoms with Crippen molar-refractivity contribution < 1.29 is 14.4 Å². The van der Waals surface area contributed by atoms with E-state index in [0.29, 0.717) is 0 Å². The maximum atomic E-state index is 13.4. The molecule has 0 bridgehead atoms. The molecule has 0 spiro atoms. The van der Waals surface area contributed by atoms with Crippen LogP contribution in [0.15, 0.2) is 66.7 Å². The van der Waals surface area contributed by atoms with E-state index in [1.165, 1.54) is 0 Å². The number of fused-ring (bicyclic) bond motifs is 2. The van der Waals surface area contributed by atoms with Crippen LogP contribution in [0.1, 0.15) is 25.0 Å². The molecule has 1 saturated heterocycles. The predicted molar refractivity (Wildman–Crippen MR) is 119 cm³/mol. The first-order valence-corrected chi connectivity index (χ1v) is 10.4. The number of para-hydroxylation sites is 1. The highest BCUT2D eigenvalue weighted by molar-refractivity contribution is 6.12. The zero-order valence-electron chi connectivity index (χ0n) is 17.5. The fourth-order valence-corrected chi connectivity index (χ4v) is 4.84. The SMILES string of the molecule is C[C@H]1Cc2ccccc2N1C(=O)CN1C(=O)N[C@](C)(c2cccc3ccccc23)C1=O. The molecule has 3 aromatic carbocycles. The van der Waals surface area contributed by atoms with Crippen LogP contribution in [0.25, 0.3) is 10.8 Å². The second-order valence-corrected chi connectivity index (χ2v) is 8.42. The van der Waals surface area contributed by atoms with Crippen molar-refractivity contribution in [1.82, 2.24) is 10.2 Å². The van der Waals surface area contributed by atoms with E-state index in [9.17, 15) is 14.4 Å². The molecule has 0 aromatic heterocycles. The molecule has 0 aliphatic carbocycles. The minimum absolute atomic E-state index is 0.0184. The predicted octanol–water partition coefficient (Wildman–Crippen LogP) is 3.58. The van der Waals surface area contributed by atoms with Gasteiger partial charge < -0.3 is 10.2 Å². The molecule has 5 rings (SSSR count). The van der Waals surface area contributed by atoms with Gasteiger partial charge in [0.05, 0.1) is 0 Å². The summed E-state index contributed by atoms with van der Waals surface area (Å²) in [4.78, 5) is 42.2. The van der Waals surface area contributed by atoms with Crippen molar-refractivity contribution in [3.05, 3.63) is 77.9 Å². The number of rotatable bonds is 3. The van der Waals surface area contributed by atoms with Gasteiger partial charge in [0, 0.05) is 11.7 Å². The third kappa shape index (κ3) is 2.90. The second-order valence-electron chi connectivity index (χ2n) is 8.42. The molecule has 3 aromatic rings. The third-order valence-corrected chi connectivity index (χ3v) is 6.37. The first-order valence-electron chi connectivity index (χ1n) is 10.4. The highest BCUT2D eigenvalue weighted by atomic mass is 16.2. The van der Waals surface area contributed by atoms with Crippen LogP contribution in [-0.2, 0) is 21.5 Å². The minimum atomic E-state index is -1.23. The van der Waals surface area contributed by atoms with Crippen molar-refractivity contribution in [3.63, 3.8) is 0 Å². The van der Waals surface area contributed by atoms with E-state index in [4.69, 9.17) is 0 Å². The molecular weight excluding hydrogens is 390 g/mol. The molecule has 156 valence electrons. The maximum absolute atomic E-state index is 13.4. The van der Waals surface area contributed by atoms with Gasteiger partial charge in [-0.2, -0.15) is 0 Å². The molecule has 6 heteroatoms. The van der Waals surface area contributed by atoms with Crippen molar-refractivity contribution in [1.29, 1.82) is 0 Å². The Morgan fingerprint density at radius 3 is 2.58 bits per heavy atom. The van der Waals surface area contributed by atoms with Crippen molar-refractivity contribution >= 4 is 34.3 Å². The van der Waals surface area contributed by atoms with Crippen molar-refractivity contribution in [2.24, 2.45) is 0 Å². The molecular formula is C25H23N3O3. The normalized spacial score (nSPS) is 22.7. The fraction of sp³-hybridized carbons (Fsp3) is 0.240. The van der Waals surface area contributed by atoms with E-state index in [0.717, 1.165) is 38.9 Å². The van der Waals surface area contributed by atoms with Gasteiger partial charge in [0.15, 0.2) is 0 Å². The number of benzene rings is 3. The van der Waals surface area contributed by atoms with Crippen LogP contribution in [0.5, 0.6) is 0 Å².